The number of methoxy groups -OCH3 is 2. The van der Waals surface area contributed by atoms with Crippen LogP contribution in [0.15, 0.2) is 40.8 Å². The predicted octanol–water partition coefficient (Wildman–Crippen LogP) is 1.65. The quantitative estimate of drug-likeness (QED) is 0.589. The highest BCUT2D eigenvalue weighted by molar-refractivity contribution is 7.12. The van der Waals surface area contributed by atoms with E-state index < -0.39 is 5.91 Å². The highest BCUT2D eigenvalue weighted by atomic mass is 32.1. The number of hydrazone groups is 1. The maximum absolute atomic E-state index is 11.7. The molecular formula is C16H17N3O4S. The van der Waals surface area contributed by atoms with Crippen LogP contribution >= 0.6 is 11.3 Å². The molecule has 0 aliphatic rings. The van der Waals surface area contributed by atoms with E-state index in [0.717, 1.165) is 5.56 Å². The maximum atomic E-state index is 11.7. The lowest BCUT2D eigenvalue weighted by atomic mass is 10.2. The van der Waals surface area contributed by atoms with Crippen molar-refractivity contribution in [2.45, 2.75) is 0 Å². The van der Waals surface area contributed by atoms with Crippen LogP contribution in [-0.2, 0) is 4.79 Å². The number of nitrogens with zero attached hydrogens (tertiary/aromatic N) is 1. The zero-order chi connectivity index (χ0) is 17.4. The number of amides is 2. The van der Waals surface area contributed by atoms with Gasteiger partial charge in [0.2, 0.25) is 0 Å². The fourth-order valence-electron chi connectivity index (χ4n) is 1.81. The molecule has 2 aromatic rings. The number of rotatable bonds is 7. The third kappa shape index (κ3) is 4.82. The van der Waals surface area contributed by atoms with Crippen LogP contribution < -0.4 is 20.2 Å². The van der Waals surface area contributed by atoms with Crippen molar-refractivity contribution in [3.05, 3.63) is 46.2 Å². The third-order valence-electron chi connectivity index (χ3n) is 2.96. The molecule has 0 saturated carbocycles. The van der Waals surface area contributed by atoms with Gasteiger partial charge in [-0.3, -0.25) is 9.59 Å². The van der Waals surface area contributed by atoms with Crippen LogP contribution in [0.2, 0.25) is 0 Å². The Morgan fingerprint density at radius 2 is 2.00 bits per heavy atom. The van der Waals surface area contributed by atoms with Gasteiger partial charge in [-0.25, -0.2) is 5.43 Å². The molecule has 0 bridgehead atoms. The number of hydrogen-bond donors (Lipinski definition) is 2. The van der Waals surface area contributed by atoms with Crippen LogP contribution in [-0.4, -0.2) is 38.8 Å². The number of hydrogen-bond acceptors (Lipinski definition) is 6. The van der Waals surface area contributed by atoms with E-state index in [4.69, 9.17) is 9.47 Å². The second-order valence-electron chi connectivity index (χ2n) is 4.57. The summed E-state index contributed by atoms with van der Waals surface area (Å²) in [7, 11) is 3.09. The standard InChI is InChI=1S/C16H17N3O4S/c1-22-12-6-5-11(8-13(12)23-2)9-18-19-15(20)10-17-16(21)14-4-3-7-24-14/h3-9H,10H2,1-2H3,(H,17,21)(H,19,20)/b18-9+. The summed E-state index contributed by atoms with van der Waals surface area (Å²) in [4.78, 5) is 23.9. The minimum Gasteiger partial charge on any atom is -0.493 e. The zero-order valence-corrected chi connectivity index (χ0v) is 14.1. The Labute approximate surface area is 143 Å². The van der Waals surface area contributed by atoms with Gasteiger partial charge in [-0.15, -0.1) is 11.3 Å². The highest BCUT2D eigenvalue weighted by Gasteiger charge is 2.08. The van der Waals surface area contributed by atoms with Crippen molar-refractivity contribution in [1.82, 2.24) is 10.7 Å². The Kier molecular flexibility index (Phi) is 6.32. The number of ether oxygens (including phenoxy) is 2. The first kappa shape index (κ1) is 17.5. The van der Waals surface area contributed by atoms with Gasteiger partial charge in [-0.05, 0) is 35.2 Å². The lowest BCUT2D eigenvalue weighted by Gasteiger charge is -2.07. The topological polar surface area (TPSA) is 89.0 Å². The van der Waals surface area contributed by atoms with Gasteiger partial charge < -0.3 is 14.8 Å². The Hall–Kier alpha value is -2.87. The monoisotopic (exact) mass is 347 g/mol. The number of nitrogens with one attached hydrogen (secondary N) is 2. The summed E-state index contributed by atoms with van der Waals surface area (Å²) < 4.78 is 10.3. The van der Waals surface area contributed by atoms with E-state index in [0.29, 0.717) is 16.4 Å². The molecule has 2 amide bonds. The molecule has 126 valence electrons. The van der Waals surface area contributed by atoms with Crippen molar-refractivity contribution in [1.29, 1.82) is 0 Å². The summed E-state index contributed by atoms with van der Waals surface area (Å²) >= 11 is 1.31. The predicted molar refractivity (Wildman–Crippen MR) is 91.9 cm³/mol. The fourth-order valence-corrected chi connectivity index (χ4v) is 2.45. The van der Waals surface area contributed by atoms with Crippen LogP contribution in [0.25, 0.3) is 0 Å². The summed E-state index contributed by atoms with van der Waals surface area (Å²) in [6.45, 7) is -0.153. The van der Waals surface area contributed by atoms with Gasteiger partial charge in [-0.2, -0.15) is 5.10 Å². The van der Waals surface area contributed by atoms with Crippen molar-refractivity contribution < 1.29 is 19.1 Å². The number of benzene rings is 1. The van der Waals surface area contributed by atoms with Crippen molar-refractivity contribution in [2.75, 3.05) is 20.8 Å². The molecule has 24 heavy (non-hydrogen) atoms. The van der Waals surface area contributed by atoms with Gasteiger partial charge in [0, 0.05) is 0 Å². The van der Waals surface area contributed by atoms with E-state index in [1.807, 2.05) is 0 Å². The summed E-state index contributed by atoms with van der Waals surface area (Å²) in [5, 5.41) is 8.15. The van der Waals surface area contributed by atoms with E-state index in [1.165, 1.54) is 24.7 Å². The van der Waals surface area contributed by atoms with Gasteiger partial charge in [0.15, 0.2) is 11.5 Å². The van der Waals surface area contributed by atoms with Gasteiger partial charge in [-0.1, -0.05) is 6.07 Å². The molecule has 0 unspecified atom stereocenters. The Balaban J connectivity index is 1.83. The number of thiophene rings is 1. The van der Waals surface area contributed by atoms with Crippen LogP contribution in [0.4, 0.5) is 0 Å². The lowest BCUT2D eigenvalue weighted by molar-refractivity contribution is -0.120. The summed E-state index contributed by atoms with van der Waals surface area (Å²) in [6, 6.07) is 8.70. The summed E-state index contributed by atoms with van der Waals surface area (Å²) in [5.41, 5.74) is 3.08. The van der Waals surface area contributed by atoms with Crippen LogP contribution in [0.3, 0.4) is 0 Å². The van der Waals surface area contributed by atoms with Gasteiger partial charge in [0.25, 0.3) is 11.8 Å². The maximum Gasteiger partial charge on any atom is 0.261 e. The number of carbonyl (C=O) groups is 2. The Morgan fingerprint density at radius 1 is 1.21 bits per heavy atom. The molecule has 2 rings (SSSR count). The minimum absolute atomic E-state index is 0.153. The van der Waals surface area contributed by atoms with Gasteiger partial charge in [0.1, 0.15) is 0 Å². The lowest BCUT2D eigenvalue weighted by Crippen LogP contribution is -2.34. The molecule has 0 spiro atoms. The number of carbonyl (C=O) groups excluding carboxylic acids is 2. The van der Waals surface area contributed by atoms with Crippen molar-refractivity contribution in [2.24, 2.45) is 5.10 Å². The van der Waals surface area contributed by atoms with E-state index in [1.54, 1.807) is 42.8 Å². The van der Waals surface area contributed by atoms with Crippen LogP contribution in [0, 0.1) is 0 Å². The first-order valence-electron chi connectivity index (χ1n) is 6.99. The molecule has 0 radical (unpaired) electrons. The van der Waals surface area contributed by atoms with Crippen LogP contribution in [0.1, 0.15) is 15.2 Å². The van der Waals surface area contributed by atoms with E-state index in [2.05, 4.69) is 15.8 Å². The molecule has 2 N–H and O–H groups in total. The molecule has 0 aliphatic carbocycles. The first-order valence-corrected chi connectivity index (χ1v) is 7.87. The Bertz CT molecular complexity index is 729. The largest absolute Gasteiger partial charge is 0.493 e. The average Bonchev–Trinajstić information content (AvgIpc) is 3.14. The van der Waals surface area contributed by atoms with Crippen molar-refractivity contribution >= 4 is 29.4 Å². The molecule has 0 saturated heterocycles. The van der Waals surface area contributed by atoms with Crippen molar-refractivity contribution in [3.8, 4) is 11.5 Å². The second-order valence-corrected chi connectivity index (χ2v) is 5.52. The molecule has 0 aliphatic heterocycles. The summed E-state index contributed by atoms with van der Waals surface area (Å²) in [6.07, 6.45) is 1.47. The second kappa shape index (κ2) is 8.68. The smallest absolute Gasteiger partial charge is 0.261 e. The molecule has 1 aromatic carbocycles. The minimum atomic E-state index is -0.420. The van der Waals surface area contributed by atoms with E-state index in [9.17, 15) is 9.59 Å². The van der Waals surface area contributed by atoms with Crippen LogP contribution in [0.5, 0.6) is 11.5 Å². The molecule has 1 heterocycles. The normalized spacial score (nSPS) is 10.4. The van der Waals surface area contributed by atoms with E-state index >= 15 is 0 Å². The first-order chi connectivity index (χ1) is 11.6. The van der Waals surface area contributed by atoms with Gasteiger partial charge in [0.05, 0.1) is 31.9 Å². The zero-order valence-electron chi connectivity index (χ0n) is 13.2. The Morgan fingerprint density at radius 3 is 2.67 bits per heavy atom. The molecule has 0 atom stereocenters. The molecule has 1 aromatic heterocycles. The fraction of sp³-hybridized carbons (Fsp3) is 0.188. The molecule has 7 nitrogen and oxygen atoms in total. The molecule has 0 fully saturated rings. The SMILES string of the molecule is COc1ccc(/C=N/NC(=O)CNC(=O)c2cccs2)cc1OC. The highest BCUT2D eigenvalue weighted by Crippen LogP contribution is 2.26. The van der Waals surface area contributed by atoms with E-state index in [-0.39, 0.29) is 12.5 Å². The van der Waals surface area contributed by atoms with Crippen molar-refractivity contribution in [3.63, 3.8) is 0 Å². The molecule has 8 heteroatoms. The summed E-state index contributed by atoms with van der Waals surface area (Å²) in [5.74, 6) is 0.464. The molecular weight excluding hydrogens is 330 g/mol. The average molecular weight is 347 g/mol. The van der Waals surface area contributed by atoms with Gasteiger partial charge >= 0.3 is 0 Å². The third-order valence-corrected chi connectivity index (χ3v) is 3.83.